The Bertz CT molecular complexity index is 1300. The van der Waals surface area contributed by atoms with Crippen molar-refractivity contribution in [2.45, 2.75) is 17.8 Å². The van der Waals surface area contributed by atoms with Gasteiger partial charge in [-0.1, -0.05) is 29.4 Å². The van der Waals surface area contributed by atoms with Crippen LogP contribution in [0.3, 0.4) is 0 Å². The van der Waals surface area contributed by atoms with Crippen molar-refractivity contribution in [1.82, 2.24) is 29.6 Å². The average Bonchev–Trinajstić information content (AvgIpc) is 3.52. The topological polar surface area (TPSA) is 86.0 Å². The molecule has 0 atom stereocenters. The second kappa shape index (κ2) is 10.2. The summed E-state index contributed by atoms with van der Waals surface area (Å²) in [7, 11) is 0. The normalized spacial score (nSPS) is 13.9. The van der Waals surface area contributed by atoms with Crippen LogP contribution >= 0.6 is 34.7 Å². The first-order valence-electron chi connectivity index (χ1n) is 10.7. The van der Waals surface area contributed by atoms with E-state index >= 15 is 0 Å². The third kappa shape index (κ3) is 4.85. The van der Waals surface area contributed by atoms with Crippen molar-refractivity contribution in [1.29, 1.82) is 0 Å². The molecule has 8 nitrogen and oxygen atoms in total. The number of halogens is 1. The maximum absolute atomic E-state index is 12.7. The van der Waals surface area contributed by atoms with Crippen LogP contribution in [-0.4, -0.2) is 61.8 Å². The Kier molecular flexibility index (Phi) is 6.91. The molecule has 1 fully saturated rings. The summed E-state index contributed by atoms with van der Waals surface area (Å²) in [5, 5.41) is 12.9. The number of nitrogens with zero attached hydrogens (tertiary/aromatic N) is 6. The van der Waals surface area contributed by atoms with Gasteiger partial charge in [0, 0.05) is 41.4 Å². The Labute approximate surface area is 210 Å². The summed E-state index contributed by atoms with van der Waals surface area (Å²) < 4.78 is 7.33. The minimum absolute atomic E-state index is 0.0487. The number of thiazole rings is 1. The number of aryl methyl sites for hydroxylation is 1. The zero-order valence-corrected chi connectivity index (χ0v) is 20.7. The number of morpholine rings is 1. The first kappa shape index (κ1) is 23.0. The van der Waals surface area contributed by atoms with E-state index in [1.165, 1.54) is 23.1 Å². The SMILES string of the molecule is Cc1ccc(Cl)cc1-n1c(SCc2nc(C(=O)N3CCOCC3)cs2)nnc1-c1cccnc1. The van der Waals surface area contributed by atoms with Crippen LogP contribution in [0.15, 0.2) is 53.3 Å². The molecule has 1 aliphatic heterocycles. The predicted octanol–water partition coefficient (Wildman–Crippen LogP) is 4.51. The number of hydrogen-bond donors (Lipinski definition) is 0. The van der Waals surface area contributed by atoms with Crippen LogP contribution in [-0.2, 0) is 10.5 Å². The molecule has 5 rings (SSSR count). The fraction of sp³-hybridized carbons (Fsp3) is 0.261. The maximum atomic E-state index is 12.7. The van der Waals surface area contributed by atoms with Crippen molar-refractivity contribution < 1.29 is 9.53 Å². The van der Waals surface area contributed by atoms with Crippen molar-refractivity contribution >= 4 is 40.6 Å². The number of carbonyl (C=O) groups is 1. The minimum Gasteiger partial charge on any atom is -0.378 e. The monoisotopic (exact) mass is 512 g/mol. The van der Waals surface area contributed by atoms with Gasteiger partial charge in [-0.15, -0.1) is 21.5 Å². The van der Waals surface area contributed by atoms with Crippen LogP contribution < -0.4 is 0 Å². The number of thioether (sulfide) groups is 1. The molecule has 34 heavy (non-hydrogen) atoms. The average molecular weight is 513 g/mol. The fourth-order valence-electron chi connectivity index (χ4n) is 3.62. The van der Waals surface area contributed by atoms with Gasteiger partial charge >= 0.3 is 0 Å². The highest BCUT2D eigenvalue weighted by atomic mass is 35.5. The molecule has 11 heteroatoms. The Hall–Kier alpha value is -2.79. The van der Waals surface area contributed by atoms with E-state index in [1.807, 2.05) is 47.2 Å². The molecular weight excluding hydrogens is 492 g/mol. The highest BCUT2D eigenvalue weighted by Crippen LogP contribution is 2.32. The summed E-state index contributed by atoms with van der Waals surface area (Å²) in [4.78, 5) is 23.3. The largest absolute Gasteiger partial charge is 0.378 e. The summed E-state index contributed by atoms with van der Waals surface area (Å²) in [5.41, 5.74) is 3.28. The number of carbonyl (C=O) groups excluding carboxylic acids is 1. The first-order valence-corrected chi connectivity index (χ1v) is 12.9. The first-order chi connectivity index (χ1) is 16.6. The van der Waals surface area contributed by atoms with E-state index in [-0.39, 0.29) is 5.91 Å². The number of amides is 1. The molecular formula is C23H21ClN6O2S2. The molecule has 4 heterocycles. The molecule has 3 aromatic heterocycles. The van der Waals surface area contributed by atoms with E-state index in [0.29, 0.717) is 53.8 Å². The van der Waals surface area contributed by atoms with Crippen molar-refractivity contribution in [3.8, 4) is 17.1 Å². The molecule has 1 amide bonds. The van der Waals surface area contributed by atoms with Crippen molar-refractivity contribution in [2.75, 3.05) is 26.3 Å². The van der Waals surface area contributed by atoms with E-state index in [2.05, 4.69) is 20.2 Å². The summed E-state index contributed by atoms with van der Waals surface area (Å²) in [6.07, 6.45) is 3.49. The number of hydrogen-bond acceptors (Lipinski definition) is 8. The standard InChI is InChI=1S/C23H21ClN6O2S2/c1-15-4-5-17(24)11-19(15)30-21(16-3-2-6-25-12-16)27-28-23(30)34-14-20-26-18(13-33-20)22(31)29-7-9-32-10-8-29/h2-6,11-13H,7-10,14H2,1H3. The van der Waals surface area contributed by atoms with Crippen LogP contribution in [0, 0.1) is 6.92 Å². The van der Waals surface area contributed by atoms with Gasteiger partial charge in [-0.05, 0) is 36.8 Å². The van der Waals surface area contributed by atoms with Gasteiger partial charge in [-0.25, -0.2) is 4.98 Å². The van der Waals surface area contributed by atoms with Crippen LogP contribution in [0.2, 0.25) is 5.02 Å². The van der Waals surface area contributed by atoms with Crippen LogP contribution in [0.5, 0.6) is 0 Å². The van der Waals surface area contributed by atoms with E-state index in [4.69, 9.17) is 16.3 Å². The van der Waals surface area contributed by atoms with E-state index in [0.717, 1.165) is 21.8 Å². The quantitative estimate of drug-likeness (QED) is 0.351. The molecule has 1 aromatic carbocycles. The lowest BCUT2D eigenvalue weighted by molar-refractivity contribution is 0.0299. The summed E-state index contributed by atoms with van der Waals surface area (Å²) in [6, 6.07) is 9.57. The highest BCUT2D eigenvalue weighted by Gasteiger charge is 2.22. The Morgan fingerprint density at radius 1 is 1.24 bits per heavy atom. The molecule has 0 saturated carbocycles. The fourth-order valence-corrected chi connectivity index (χ4v) is 5.51. The van der Waals surface area contributed by atoms with Gasteiger partial charge < -0.3 is 9.64 Å². The number of aromatic nitrogens is 5. The molecule has 0 bridgehead atoms. The van der Waals surface area contributed by atoms with E-state index in [1.54, 1.807) is 17.3 Å². The molecule has 4 aromatic rings. The Morgan fingerprint density at radius 3 is 2.88 bits per heavy atom. The van der Waals surface area contributed by atoms with Crippen LogP contribution in [0.4, 0.5) is 0 Å². The van der Waals surface area contributed by atoms with Gasteiger partial charge in [0.1, 0.15) is 10.7 Å². The summed E-state index contributed by atoms with van der Waals surface area (Å²) in [6.45, 7) is 4.35. The Morgan fingerprint density at radius 2 is 2.09 bits per heavy atom. The van der Waals surface area contributed by atoms with Gasteiger partial charge in [0.25, 0.3) is 5.91 Å². The summed E-state index contributed by atoms with van der Waals surface area (Å²) >= 11 is 9.32. The molecule has 174 valence electrons. The van der Waals surface area contributed by atoms with Gasteiger partial charge in [0.2, 0.25) is 0 Å². The second-order valence-corrected chi connectivity index (χ2v) is 9.96. The maximum Gasteiger partial charge on any atom is 0.273 e. The van der Waals surface area contributed by atoms with Gasteiger partial charge in [-0.3, -0.25) is 14.3 Å². The minimum atomic E-state index is -0.0487. The lowest BCUT2D eigenvalue weighted by Crippen LogP contribution is -2.40. The number of pyridine rings is 1. The van der Waals surface area contributed by atoms with Gasteiger partial charge in [0.15, 0.2) is 11.0 Å². The van der Waals surface area contributed by atoms with Gasteiger partial charge in [-0.2, -0.15) is 0 Å². The number of ether oxygens (including phenoxy) is 1. The smallest absolute Gasteiger partial charge is 0.273 e. The lowest BCUT2D eigenvalue weighted by Gasteiger charge is -2.25. The van der Waals surface area contributed by atoms with E-state index in [9.17, 15) is 4.79 Å². The number of rotatable bonds is 6. The second-order valence-electron chi connectivity index (χ2n) is 7.63. The van der Waals surface area contributed by atoms with E-state index < -0.39 is 0 Å². The molecule has 0 aliphatic carbocycles. The molecule has 0 unspecified atom stereocenters. The third-order valence-electron chi connectivity index (χ3n) is 5.36. The molecule has 0 spiro atoms. The van der Waals surface area contributed by atoms with Gasteiger partial charge in [0.05, 0.1) is 24.7 Å². The van der Waals surface area contributed by atoms with Crippen LogP contribution in [0.25, 0.3) is 17.1 Å². The lowest BCUT2D eigenvalue weighted by atomic mass is 10.2. The van der Waals surface area contributed by atoms with Crippen molar-refractivity contribution in [3.63, 3.8) is 0 Å². The number of benzene rings is 1. The predicted molar refractivity (Wildman–Crippen MR) is 133 cm³/mol. The molecule has 0 N–H and O–H groups in total. The van der Waals surface area contributed by atoms with Crippen molar-refractivity contribution in [3.05, 3.63) is 69.4 Å². The molecule has 1 aliphatic rings. The molecule has 0 radical (unpaired) electrons. The van der Waals surface area contributed by atoms with Crippen LogP contribution in [0.1, 0.15) is 21.1 Å². The zero-order chi connectivity index (χ0) is 23.5. The third-order valence-corrected chi connectivity index (χ3v) is 7.57. The Balaban J connectivity index is 1.41. The zero-order valence-electron chi connectivity index (χ0n) is 18.3. The van der Waals surface area contributed by atoms with Crippen molar-refractivity contribution in [2.24, 2.45) is 0 Å². The highest BCUT2D eigenvalue weighted by molar-refractivity contribution is 7.98. The molecule has 1 saturated heterocycles. The summed E-state index contributed by atoms with van der Waals surface area (Å²) in [5.74, 6) is 1.20.